The van der Waals surface area contributed by atoms with Crippen molar-refractivity contribution in [1.29, 1.82) is 0 Å². The second kappa shape index (κ2) is 3.99. The van der Waals surface area contributed by atoms with Crippen molar-refractivity contribution in [1.82, 2.24) is 0 Å². The van der Waals surface area contributed by atoms with Gasteiger partial charge < -0.3 is 0 Å². The molecular weight excluding hydrogens is 236 g/mol. The van der Waals surface area contributed by atoms with Crippen molar-refractivity contribution >= 4 is 23.2 Å². The van der Waals surface area contributed by atoms with Crippen LogP contribution < -0.4 is 0 Å². The fourth-order valence-corrected chi connectivity index (χ4v) is 1.28. The van der Waals surface area contributed by atoms with E-state index in [0.717, 1.165) is 6.92 Å². The molecule has 0 bridgehead atoms. The number of rotatable bonds is 1. The van der Waals surface area contributed by atoms with E-state index in [2.05, 4.69) is 0 Å². The lowest BCUT2D eigenvalue weighted by Crippen LogP contribution is -2.17. The van der Waals surface area contributed by atoms with Gasteiger partial charge in [-0.1, -0.05) is 29.3 Å². The molecule has 14 heavy (non-hydrogen) atoms. The molecule has 0 amide bonds. The first kappa shape index (κ1) is 11.7. The topological polar surface area (TPSA) is 0 Å². The molecule has 1 aromatic rings. The summed E-state index contributed by atoms with van der Waals surface area (Å²) in [6, 6.07) is 3.93. The molecule has 1 atom stereocenters. The highest BCUT2D eigenvalue weighted by atomic mass is 35.5. The van der Waals surface area contributed by atoms with Crippen LogP contribution in [0.4, 0.5) is 13.2 Å². The van der Waals surface area contributed by atoms with Crippen LogP contribution in [0.15, 0.2) is 18.2 Å². The highest BCUT2D eigenvalue weighted by molar-refractivity contribution is 6.42. The summed E-state index contributed by atoms with van der Waals surface area (Å²) < 4.78 is 36.9. The van der Waals surface area contributed by atoms with E-state index >= 15 is 0 Å². The number of hydrogen-bond acceptors (Lipinski definition) is 0. The molecule has 0 aliphatic heterocycles. The fourth-order valence-electron chi connectivity index (χ4n) is 0.971. The molecule has 1 aromatic carbocycles. The van der Waals surface area contributed by atoms with Crippen molar-refractivity contribution in [2.45, 2.75) is 19.0 Å². The van der Waals surface area contributed by atoms with Gasteiger partial charge in [-0.15, -0.1) is 0 Å². The summed E-state index contributed by atoms with van der Waals surface area (Å²) in [5.74, 6) is -1.53. The first-order valence-electron chi connectivity index (χ1n) is 3.84. The van der Waals surface area contributed by atoms with Gasteiger partial charge in [0.25, 0.3) is 0 Å². The molecule has 0 fully saturated rings. The second-order valence-electron chi connectivity index (χ2n) is 2.94. The molecule has 0 saturated carbocycles. The largest absolute Gasteiger partial charge is 0.395 e. The van der Waals surface area contributed by atoms with Crippen molar-refractivity contribution < 1.29 is 13.2 Å². The Kier molecular flexibility index (Phi) is 3.32. The van der Waals surface area contributed by atoms with Gasteiger partial charge in [-0.25, -0.2) is 0 Å². The monoisotopic (exact) mass is 242 g/mol. The molecule has 0 saturated heterocycles. The van der Waals surface area contributed by atoms with Crippen LogP contribution in [0.5, 0.6) is 0 Å². The Morgan fingerprint density at radius 1 is 1.14 bits per heavy atom. The SMILES string of the molecule is CC(c1ccc(Cl)c(Cl)c1)C(F)(F)F. The standard InChI is InChI=1S/C9H7Cl2F3/c1-5(9(12,13)14)6-2-3-7(10)8(11)4-6/h2-5H,1H3. The van der Waals surface area contributed by atoms with Gasteiger partial charge >= 0.3 is 6.18 Å². The molecule has 0 aliphatic rings. The first-order valence-corrected chi connectivity index (χ1v) is 4.59. The zero-order valence-corrected chi connectivity index (χ0v) is 8.71. The van der Waals surface area contributed by atoms with E-state index in [1.54, 1.807) is 0 Å². The molecule has 0 nitrogen and oxygen atoms in total. The summed E-state index contributed by atoms with van der Waals surface area (Å²) in [7, 11) is 0. The average Bonchev–Trinajstić information content (AvgIpc) is 2.07. The zero-order valence-electron chi connectivity index (χ0n) is 7.20. The third-order valence-corrected chi connectivity index (χ3v) is 2.67. The van der Waals surface area contributed by atoms with Crippen LogP contribution in [0.2, 0.25) is 10.0 Å². The van der Waals surface area contributed by atoms with Crippen molar-refractivity contribution in [2.75, 3.05) is 0 Å². The highest BCUT2D eigenvalue weighted by Crippen LogP contribution is 2.36. The van der Waals surface area contributed by atoms with E-state index < -0.39 is 12.1 Å². The van der Waals surface area contributed by atoms with E-state index in [1.807, 2.05) is 0 Å². The van der Waals surface area contributed by atoms with Gasteiger partial charge in [-0.2, -0.15) is 13.2 Å². The van der Waals surface area contributed by atoms with Crippen LogP contribution in [0.1, 0.15) is 18.4 Å². The van der Waals surface area contributed by atoms with Gasteiger partial charge in [-0.3, -0.25) is 0 Å². The molecule has 0 aromatic heterocycles. The summed E-state index contributed by atoms with van der Waals surface area (Å²) in [6.45, 7) is 1.08. The molecule has 0 heterocycles. The summed E-state index contributed by atoms with van der Waals surface area (Å²) in [6.07, 6.45) is -4.25. The van der Waals surface area contributed by atoms with E-state index in [1.165, 1.54) is 18.2 Å². The van der Waals surface area contributed by atoms with Crippen LogP contribution >= 0.6 is 23.2 Å². The van der Waals surface area contributed by atoms with Crippen LogP contribution in [0, 0.1) is 0 Å². The summed E-state index contributed by atoms with van der Waals surface area (Å²) in [5, 5.41) is 0.394. The molecule has 1 rings (SSSR count). The quantitative estimate of drug-likeness (QED) is 0.672. The summed E-state index contributed by atoms with van der Waals surface area (Å²) in [4.78, 5) is 0. The van der Waals surface area contributed by atoms with Crippen LogP contribution in [0.25, 0.3) is 0 Å². The minimum atomic E-state index is -4.25. The van der Waals surface area contributed by atoms with Crippen LogP contribution in [0.3, 0.4) is 0 Å². The summed E-state index contributed by atoms with van der Waals surface area (Å²) in [5.41, 5.74) is 0.118. The van der Waals surface area contributed by atoms with Gasteiger partial charge in [-0.05, 0) is 24.6 Å². The predicted molar refractivity (Wildman–Crippen MR) is 50.9 cm³/mol. The highest BCUT2D eigenvalue weighted by Gasteiger charge is 2.37. The van der Waals surface area contributed by atoms with E-state index in [-0.39, 0.29) is 15.6 Å². The molecule has 0 spiro atoms. The fraction of sp³-hybridized carbons (Fsp3) is 0.333. The molecule has 78 valence electrons. The molecule has 0 aliphatic carbocycles. The van der Waals surface area contributed by atoms with E-state index in [4.69, 9.17) is 23.2 Å². The second-order valence-corrected chi connectivity index (χ2v) is 3.75. The van der Waals surface area contributed by atoms with Crippen molar-refractivity contribution in [3.63, 3.8) is 0 Å². The predicted octanol–water partition coefficient (Wildman–Crippen LogP) is 4.66. The molecule has 0 radical (unpaired) electrons. The van der Waals surface area contributed by atoms with Crippen molar-refractivity contribution in [3.05, 3.63) is 33.8 Å². The van der Waals surface area contributed by atoms with Gasteiger partial charge in [0.2, 0.25) is 0 Å². The Balaban J connectivity index is 3.03. The molecule has 5 heteroatoms. The first-order chi connectivity index (χ1) is 6.32. The lowest BCUT2D eigenvalue weighted by Gasteiger charge is -2.16. The minimum Gasteiger partial charge on any atom is -0.170 e. The third-order valence-electron chi connectivity index (χ3n) is 1.93. The zero-order chi connectivity index (χ0) is 10.9. The number of halogens is 5. The van der Waals surface area contributed by atoms with Crippen molar-refractivity contribution in [2.24, 2.45) is 0 Å². The Morgan fingerprint density at radius 2 is 1.71 bits per heavy atom. The lowest BCUT2D eigenvalue weighted by atomic mass is 10.0. The van der Waals surface area contributed by atoms with E-state index in [0.29, 0.717) is 0 Å². The number of hydrogen-bond donors (Lipinski definition) is 0. The van der Waals surface area contributed by atoms with Crippen LogP contribution in [-0.2, 0) is 0 Å². The minimum absolute atomic E-state index is 0.118. The lowest BCUT2D eigenvalue weighted by molar-refractivity contribution is -0.146. The van der Waals surface area contributed by atoms with Gasteiger partial charge in [0.15, 0.2) is 0 Å². The average molecular weight is 243 g/mol. The molecule has 0 N–H and O–H groups in total. The van der Waals surface area contributed by atoms with Gasteiger partial charge in [0, 0.05) is 0 Å². The smallest absolute Gasteiger partial charge is 0.170 e. The van der Waals surface area contributed by atoms with E-state index in [9.17, 15) is 13.2 Å². The molecule has 1 unspecified atom stereocenters. The Morgan fingerprint density at radius 3 is 2.14 bits per heavy atom. The Labute approximate surface area is 89.6 Å². The number of alkyl halides is 3. The normalized spacial score (nSPS) is 14.1. The maximum atomic E-state index is 12.3. The maximum Gasteiger partial charge on any atom is 0.395 e. The van der Waals surface area contributed by atoms with Crippen molar-refractivity contribution in [3.8, 4) is 0 Å². The molecular formula is C9H7Cl2F3. The van der Waals surface area contributed by atoms with Gasteiger partial charge in [0.1, 0.15) is 0 Å². The Hall–Kier alpha value is -0.410. The number of benzene rings is 1. The Bertz CT molecular complexity index is 333. The van der Waals surface area contributed by atoms with Crippen LogP contribution in [-0.4, -0.2) is 6.18 Å². The third kappa shape index (κ3) is 2.55. The maximum absolute atomic E-state index is 12.3. The van der Waals surface area contributed by atoms with Gasteiger partial charge in [0.05, 0.1) is 16.0 Å². The summed E-state index contributed by atoms with van der Waals surface area (Å²) >= 11 is 11.2.